The van der Waals surface area contributed by atoms with Gasteiger partial charge in [-0.15, -0.1) is 0 Å². The number of aryl methyl sites for hydroxylation is 2. The van der Waals surface area contributed by atoms with E-state index in [1.165, 1.54) is 0 Å². The minimum Gasteiger partial charge on any atom is -0.304 e. The van der Waals surface area contributed by atoms with Crippen molar-refractivity contribution in [3.63, 3.8) is 0 Å². The Morgan fingerprint density at radius 2 is 2.11 bits per heavy atom. The average molecular weight is 254 g/mol. The van der Waals surface area contributed by atoms with Gasteiger partial charge in [0.05, 0.1) is 11.6 Å². The molecule has 0 fully saturated rings. The molecule has 0 N–H and O–H groups in total. The second-order valence-electron chi connectivity index (χ2n) is 4.92. The third-order valence-electron chi connectivity index (χ3n) is 3.58. The molecule has 1 atom stereocenters. The van der Waals surface area contributed by atoms with Crippen LogP contribution in [0.15, 0.2) is 18.3 Å². The highest BCUT2D eigenvalue weighted by Crippen LogP contribution is 2.37. The number of nitrogens with zero attached hydrogens (tertiary/aromatic N) is 2. The molecule has 0 aromatic carbocycles. The molecule has 0 spiro atoms. The van der Waals surface area contributed by atoms with E-state index in [1.807, 2.05) is 29.7 Å². The van der Waals surface area contributed by atoms with Crippen molar-refractivity contribution in [2.24, 2.45) is 5.92 Å². The van der Waals surface area contributed by atoms with Crippen LogP contribution in [0.5, 0.6) is 0 Å². The van der Waals surface area contributed by atoms with Gasteiger partial charge in [-0.05, 0) is 31.4 Å². The summed E-state index contributed by atoms with van der Waals surface area (Å²) in [5.74, 6) is -1.23. The van der Waals surface area contributed by atoms with Crippen LogP contribution in [0, 0.1) is 12.8 Å². The highest BCUT2D eigenvalue weighted by molar-refractivity contribution is 5.45. The first-order valence-electron chi connectivity index (χ1n) is 5.98. The summed E-state index contributed by atoms with van der Waals surface area (Å²) in [6.07, 6.45) is -1.63. The monoisotopic (exact) mass is 254 g/mol. The van der Waals surface area contributed by atoms with Crippen LogP contribution in [0.25, 0.3) is 5.65 Å². The minimum atomic E-state index is -4.11. The van der Waals surface area contributed by atoms with Crippen LogP contribution in [0.4, 0.5) is 13.2 Å². The molecule has 1 aliphatic rings. The second-order valence-corrected chi connectivity index (χ2v) is 4.92. The highest BCUT2D eigenvalue weighted by atomic mass is 19.4. The number of imidazole rings is 1. The molecule has 2 nitrogen and oxygen atoms in total. The fraction of sp³-hybridized carbons (Fsp3) is 0.462. The van der Waals surface area contributed by atoms with Crippen LogP contribution >= 0.6 is 0 Å². The molecule has 0 amide bonds. The van der Waals surface area contributed by atoms with Crippen molar-refractivity contribution in [3.8, 4) is 0 Å². The van der Waals surface area contributed by atoms with Gasteiger partial charge < -0.3 is 4.40 Å². The van der Waals surface area contributed by atoms with Crippen molar-refractivity contribution in [2.45, 2.75) is 32.4 Å². The Bertz CT molecular complexity index is 598. The predicted molar refractivity (Wildman–Crippen MR) is 61.5 cm³/mol. The van der Waals surface area contributed by atoms with E-state index in [4.69, 9.17) is 0 Å². The zero-order chi connectivity index (χ0) is 12.9. The summed E-state index contributed by atoms with van der Waals surface area (Å²) in [5.41, 5.74) is 3.31. The normalized spacial score (nSPS) is 20.1. The number of fused-ring (bicyclic) bond motifs is 3. The lowest BCUT2D eigenvalue weighted by atomic mass is 9.89. The fourth-order valence-corrected chi connectivity index (χ4v) is 2.59. The Hall–Kier alpha value is -1.52. The molecule has 96 valence electrons. The SMILES string of the molecule is Cc1ccc2nc3c(n2c1)CC(C(F)(F)F)CC3. The maximum atomic E-state index is 12.8. The maximum Gasteiger partial charge on any atom is 0.392 e. The highest BCUT2D eigenvalue weighted by Gasteiger charge is 2.42. The van der Waals surface area contributed by atoms with Crippen molar-refractivity contribution in [2.75, 3.05) is 0 Å². The Labute approximate surface area is 102 Å². The molecule has 18 heavy (non-hydrogen) atoms. The van der Waals surface area contributed by atoms with E-state index in [2.05, 4.69) is 4.98 Å². The smallest absolute Gasteiger partial charge is 0.304 e. The molecule has 0 aliphatic heterocycles. The summed E-state index contributed by atoms with van der Waals surface area (Å²) < 4.78 is 40.2. The molecule has 2 aromatic rings. The van der Waals surface area contributed by atoms with Gasteiger partial charge in [-0.25, -0.2) is 4.98 Å². The lowest BCUT2D eigenvalue weighted by Gasteiger charge is -2.24. The van der Waals surface area contributed by atoms with E-state index in [-0.39, 0.29) is 12.8 Å². The fourth-order valence-electron chi connectivity index (χ4n) is 2.59. The third kappa shape index (κ3) is 1.78. The maximum absolute atomic E-state index is 12.8. The number of rotatable bonds is 0. The quantitative estimate of drug-likeness (QED) is 0.705. The second kappa shape index (κ2) is 3.73. The molecule has 5 heteroatoms. The number of hydrogen-bond acceptors (Lipinski definition) is 1. The van der Waals surface area contributed by atoms with Crippen LogP contribution in [-0.4, -0.2) is 15.6 Å². The van der Waals surface area contributed by atoms with Gasteiger partial charge in [0, 0.05) is 18.3 Å². The molecular formula is C13H13F3N2. The summed E-state index contributed by atoms with van der Waals surface area (Å²) in [4.78, 5) is 4.41. The van der Waals surface area contributed by atoms with E-state index in [0.717, 1.165) is 22.6 Å². The van der Waals surface area contributed by atoms with Crippen molar-refractivity contribution < 1.29 is 13.2 Å². The molecule has 0 saturated carbocycles. The van der Waals surface area contributed by atoms with Gasteiger partial charge >= 0.3 is 6.18 Å². The molecule has 2 heterocycles. The van der Waals surface area contributed by atoms with Gasteiger partial charge in [-0.1, -0.05) is 6.07 Å². The lowest BCUT2D eigenvalue weighted by molar-refractivity contribution is -0.177. The molecule has 2 aromatic heterocycles. The van der Waals surface area contributed by atoms with Gasteiger partial charge in [0.2, 0.25) is 0 Å². The summed E-state index contributed by atoms with van der Waals surface area (Å²) in [6.45, 7) is 1.93. The molecule has 3 rings (SSSR count). The molecule has 1 unspecified atom stereocenters. The first kappa shape index (κ1) is 11.6. The van der Waals surface area contributed by atoms with E-state index >= 15 is 0 Å². The number of halogens is 3. The first-order chi connectivity index (χ1) is 8.45. The van der Waals surface area contributed by atoms with Crippen LogP contribution < -0.4 is 0 Å². The zero-order valence-electron chi connectivity index (χ0n) is 9.96. The first-order valence-corrected chi connectivity index (χ1v) is 5.98. The number of hydrogen-bond donors (Lipinski definition) is 0. The van der Waals surface area contributed by atoms with Crippen molar-refractivity contribution in [1.29, 1.82) is 0 Å². The molecule has 0 saturated heterocycles. The average Bonchev–Trinajstić information content (AvgIpc) is 2.65. The van der Waals surface area contributed by atoms with Crippen LogP contribution in [0.3, 0.4) is 0 Å². The topological polar surface area (TPSA) is 17.3 Å². The van der Waals surface area contributed by atoms with Gasteiger partial charge in [0.1, 0.15) is 5.65 Å². The van der Waals surface area contributed by atoms with Gasteiger partial charge in [-0.3, -0.25) is 0 Å². The van der Waals surface area contributed by atoms with E-state index < -0.39 is 12.1 Å². The van der Waals surface area contributed by atoms with Crippen LogP contribution in [0.2, 0.25) is 0 Å². The van der Waals surface area contributed by atoms with Gasteiger partial charge in [0.25, 0.3) is 0 Å². The lowest BCUT2D eigenvalue weighted by Crippen LogP contribution is -2.29. The van der Waals surface area contributed by atoms with Crippen molar-refractivity contribution in [3.05, 3.63) is 35.3 Å². The number of alkyl halides is 3. The summed E-state index contributed by atoms with van der Waals surface area (Å²) >= 11 is 0. The largest absolute Gasteiger partial charge is 0.392 e. The van der Waals surface area contributed by atoms with Crippen molar-refractivity contribution >= 4 is 5.65 Å². The molecular weight excluding hydrogens is 241 g/mol. The molecule has 0 bridgehead atoms. The summed E-state index contributed by atoms with van der Waals surface area (Å²) in [7, 11) is 0. The number of aromatic nitrogens is 2. The summed E-state index contributed by atoms with van der Waals surface area (Å²) in [6, 6.07) is 3.78. The Morgan fingerprint density at radius 1 is 1.33 bits per heavy atom. The Kier molecular flexibility index (Phi) is 2.40. The Balaban J connectivity index is 2.08. The standard InChI is InChI=1S/C13H13F3N2/c1-8-2-5-12-17-10-4-3-9(13(14,15)16)6-11(10)18(12)7-8/h2,5,7,9H,3-4,6H2,1H3. The third-order valence-corrected chi connectivity index (χ3v) is 3.58. The van der Waals surface area contributed by atoms with E-state index in [1.54, 1.807) is 0 Å². The molecule has 0 radical (unpaired) electrons. The zero-order valence-corrected chi connectivity index (χ0v) is 9.96. The van der Waals surface area contributed by atoms with E-state index in [0.29, 0.717) is 6.42 Å². The predicted octanol–water partition coefficient (Wildman–Crippen LogP) is 3.31. The summed E-state index contributed by atoms with van der Waals surface area (Å²) in [5, 5.41) is 0. The Morgan fingerprint density at radius 3 is 2.83 bits per heavy atom. The van der Waals surface area contributed by atoms with Crippen LogP contribution in [0.1, 0.15) is 23.4 Å². The van der Waals surface area contributed by atoms with Crippen molar-refractivity contribution in [1.82, 2.24) is 9.38 Å². The van der Waals surface area contributed by atoms with E-state index in [9.17, 15) is 13.2 Å². The van der Waals surface area contributed by atoms with Gasteiger partial charge in [0.15, 0.2) is 0 Å². The number of pyridine rings is 1. The minimum absolute atomic E-state index is 0.0451. The molecule has 1 aliphatic carbocycles. The van der Waals surface area contributed by atoms with Gasteiger partial charge in [-0.2, -0.15) is 13.2 Å². The van der Waals surface area contributed by atoms with Crippen LogP contribution in [-0.2, 0) is 12.8 Å².